The van der Waals surface area contributed by atoms with Gasteiger partial charge >= 0.3 is 0 Å². The molecule has 2 N–H and O–H groups in total. The second-order valence-corrected chi connectivity index (χ2v) is 4.93. The van der Waals surface area contributed by atoms with E-state index in [9.17, 15) is 15.2 Å². The lowest BCUT2D eigenvalue weighted by Crippen LogP contribution is -2.31. The summed E-state index contributed by atoms with van der Waals surface area (Å²) in [5.41, 5.74) is 3.55. The summed E-state index contributed by atoms with van der Waals surface area (Å²) in [5.74, 6) is -0.357. The summed E-state index contributed by atoms with van der Waals surface area (Å²) in [6.45, 7) is 0.534. The number of nitrogens with zero attached hydrogens (tertiary/aromatic N) is 2. The molecule has 7 nitrogen and oxygen atoms in total. The van der Waals surface area contributed by atoms with Gasteiger partial charge in [0.25, 0.3) is 5.69 Å². The molecule has 118 valence electrons. The van der Waals surface area contributed by atoms with Crippen molar-refractivity contribution in [2.45, 2.75) is 6.54 Å². The lowest BCUT2D eigenvalue weighted by atomic mass is 10.2. The van der Waals surface area contributed by atoms with Crippen molar-refractivity contribution in [1.29, 1.82) is 0 Å². The Bertz CT molecular complexity index is 735. The summed E-state index contributed by atoms with van der Waals surface area (Å²) in [6, 6.07) is 13.1. The van der Waals surface area contributed by atoms with Crippen LogP contribution in [-0.2, 0) is 6.54 Å². The van der Waals surface area contributed by atoms with Gasteiger partial charge in [-0.3, -0.25) is 15.5 Å². The molecule has 0 heterocycles. The molecule has 0 saturated heterocycles. The summed E-state index contributed by atoms with van der Waals surface area (Å²) < 4.78 is 0. The molecule has 8 heteroatoms. The van der Waals surface area contributed by atoms with Crippen LogP contribution in [0.2, 0.25) is 0 Å². The maximum Gasteiger partial charge on any atom is 0.270 e. The molecular formula is C15H13N4O3S-. The standard InChI is InChI=1S/C15H14N4O3S/c20-14-7-6-13(19(21)22)8-12(14)10-17-18-15(23)16-9-11-4-2-1-3-5-11/h1-8,10,20H,9H2,(H2,16,18,23)/p-1/b17-10-. The number of nitrogens with one attached hydrogen (secondary N) is 2. The molecule has 0 saturated carbocycles. The van der Waals surface area contributed by atoms with Crippen molar-refractivity contribution >= 4 is 29.2 Å². The van der Waals surface area contributed by atoms with E-state index in [-0.39, 0.29) is 22.1 Å². The van der Waals surface area contributed by atoms with Gasteiger partial charge in [-0.1, -0.05) is 42.1 Å². The highest BCUT2D eigenvalue weighted by atomic mass is 32.1. The van der Waals surface area contributed by atoms with E-state index in [1.807, 2.05) is 30.3 Å². The van der Waals surface area contributed by atoms with Crippen molar-refractivity contribution in [2.24, 2.45) is 5.10 Å². The highest BCUT2D eigenvalue weighted by Crippen LogP contribution is 2.18. The van der Waals surface area contributed by atoms with Crippen LogP contribution in [0.4, 0.5) is 5.69 Å². The van der Waals surface area contributed by atoms with Gasteiger partial charge in [0.15, 0.2) is 5.11 Å². The fourth-order valence-electron chi connectivity index (χ4n) is 1.73. The molecule has 0 aliphatic heterocycles. The molecule has 0 radical (unpaired) electrons. The maximum atomic E-state index is 11.6. The van der Waals surface area contributed by atoms with Crippen LogP contribution in [0.1, 0.15) is 11.1 Å². The van der Waals surface area contributed by atoms with Crippen LogP contribution >= 0.6 is 12.2 Å². The number of non-ortho nitro benzene ring substituents is 1. The molecule has 0 unspecified atom stereocenters. The first-order chi connectivity index (χ1) is 11.1. The second kappa shape index (κ2) is 7.85. The van der Waals surface area contributed by atoms with Crippen molar-refractivity contribution in [3.63, 3.8) is 0 Å². The Morgan fingerprint density at radius 2 is 2.00 bits per heavy atom. The molecular weight excluding hydrogens is 316 g/mol. The number of hydrazone groups is 1. The zero-order chi connectivity index (χ0) is 16.7. The number of nitro benzene ring substituents is 1. The van der Waals surface area contributed by atoms with E-state index < -0.39 is 4.92 Å². The number of nitro groups is 1. The van der Waals surface area contributed by atoms with Crippen LogP contribution in [0.3, 0.4) is 0 Å². The van der Waals surface area contributed by atoms with Gasteiger partial charge in [-0.2, -0.15) is 5.10 Å². The van der Waals surface area contributed by atoms with Crippen molar-refractivity contribution in [3.8, 4) is 5.75 Å². The Morgan fingerprint density at radius 3 is 2.70 bits per heavy atom. The van der Waals surface area contributed by atoms with Crippen LogP contribution in [0, 0.1) is 10.1 Å². The number of rotatable bonds is 5. The Labute approximate surface area is 137 Å². The molecule has 0 amide bonds. The van der Waals surface area contributed by atoms with Crippen molar-refractivity contribution in [2.75, 3.05) is 0 Å². The van der Waals surface area contributed by atoms with E-state index >= 15 is 0 Å². The highest BCUT2D eigenvalue weighted by Gasteiger charge is 2.05. The number of thiocarbonyl (C=S) groups is 1. The third kappa shape index (κ3) is 5.04. The molecule has 0 spiro atoms. The predicted octanol–water partition coefficient (Wildman–Crippen LogP) is 1.67. The molecule has 2 aromatic rings. The molecule has 0 bridgehead atoms. The van der Waals surface area contributed by atoms with Crippen LogP contribution in [0.5, 0.6) is 5.75 Å². The summed E-state index contributed by atoms with van der Waals surface area (Å²) >= 11 is 5.05. The summed E-state index contributed by atoms with van der Waals surface area (Å²) in [6.07, 6.45) is 1.20. The number of benzene rings is 2. The van der Waals surface area contributed by atoms with Crippen LogP contribution in [0.25, 0.3) is 0 Å². The van der Waals surface area contributed by atoms with E-state index in [1.165, 1.54) is 6.21 Å². The van der Waals surface area contributed by atoms with Crippen molar-refractivity contribution < 1.29 is 10.0 Å². The Balaban J connectivity index is 1.90. The van der Waals surface area contributed by atoms with Crippen molar-refractivity contribution in [1.82, 2.24) is 10.7 Å². The third-order valence-corrected chi connectivity index (χ3v) is 3.11. The maximum absolute atomic E-state index is 11.6. The average molecular weight is 329 g/mol. The molecule has 0 aliphatic rings. The fraction of sp³-hybridized carbons (Fsp3) is 0.0667. The monoisotopic (exact) mass is 329 g/mol. The minimum absolute atomic E-state index is 0.109. The Hall–Kier alpha value is -3.00. The number of hydrogen-bond acceptors (Lipinski definition) is 5. The average Bonchev–Trinajstić information content (AvgIpc) is 2.55. The predicted molar refractivity (Wildman–Crippen MR) is 89.2 cm³/mol. The zero-order valence-corrected chi connectivity index (χ0v) is 12.7. The van der Waals surface area contributed by atoms with E-state index in [1.54, 1.807) is 0 Å². The third-order valence-electron chi connectivity index (χ3n) is 2.87. The minimum atomic E-state index is -0.573. The van der Waals surface area contributed by atoms with Crippen LogP contribution in [0.15, 0.2) is 53.6 Å². The molecule has 2 rings (SSSR count). The molecule has 0 fully saturated rings. The normalized spacial score (nSPS) is 10.4. The fourth-order valence-corrected chi connectivity index (χ4v) is 1.85. The minimum Gasteiger partial charge on any atom is -0.872 e. The van der Waals surface area contributed by atoms with Crippen molar-refractivity contribution in [3.05, 3.63) is 69.8 Å². The largest absolute Gasteiger partial charge is 0.872 e. The molecule has 2 aromatic carbocycles. The first-order valence-corrected chi connectivity index (χ1v) is 7.03. The summed E-state index contributed by atoms with van der Waals surface area (Å²) in [4.78, 5) is 10.1. The Morgan fingerprint density at radius 1 is 1.26 bits per heavy atom. The van der Waals surface area contributed by atoms with Gasteiger partial charge in [0.05, 0.1) is 11.1 Å². The van der Waals surface area contributed by atoms with E-state index in [0.29, 0.717) is 6.54 Å². The quantitative estimate of drug-likeness (QED) is 0.374. The lowest BCUT2D eigenvalue weighted by Gasteiger charge is -2.09. The van der Waals surface area contributed by atoms with Gasteiger partial charge in [0.2, 0.25) is 0 Å². The molecule has 23 heavy (non-hydrogen) atoms. The summed E-state index contributed by atoms with van der Waals surface area (Å²) in [5, 5.41) is 29.3. The van der Waals surface area contributed by atoms with E-state index in [2.05, 4.69) is 15.8 Å². The SMILES string of the molecule is O=[N+]([O-])c1ccc([O-])c(/C=N\NC(=S)NCc2ccccc2)c1. The van der Waals surface area contributed by atoms with Gasteiger partial charge in [-0.15, -0.1) is 0 Å². The number of hydrogen-bond donors (Lipinski definition) is 2. The second-order valence-electron chi connectivity index (χ2n) is 4.52. The van der Waals surface area contributed by atoms with Gasteiger partial charge in [-0.05, 0) is 23.3 Å². The van der Waals surface area contributed by atoms with Gasteiger partial charge in [-0.25, -0.2) is 0 Å². The lowest BCUT2D eigenvalue weighted by molar-refractivity contribution is -0.385. The van der Waals surface area contributed by atoms with Crippen LogP contribution < -0.4 is 15.8 Å². The first kappa shape index (κ1) is 16.4. The first-order valence-electron chi connectivity index (χ1n) is 6.62. The van der Waals surface area contributed by atoms with E-state index in [4.69, 9.17) is 12.2 Å². The zero-order valence-electron chi connectivity index (χ0n) is 11.9. The van der Waals surface area contributed by atoms with Gasteiger partial charge < -0.3 is 10.4 Å². The highest BCUT2D eigenvalue weighted by molar-refractivity contribution is 7.80. The topological polar surface area (TPSA) is 103 Å². The molecule has 0 aliphatic carbocycles. The smallest absolute Gasteiger partial charge is 0.270 e. The van der Waals surface area contributed by atoms with Gasteiger partial charge in [0, 0.05) is 18.7 Å². The van der Waals surface area contributed by atoms with Crippen LogP contribution in [-0.4, -0.2) is 16.3 Å². The molecule has 0 atom stereocenters. The molecule has 0 aromatic heterocycles. The summed E-state index contributed by atoms with van der Waals surface area (Å²) in [7, 11) is 0. The van der Waals surface area contributed by atoms with E-state index in [0.717, 1.165) is 23.8 Å². The van der Waals surface area contributed by atoms with Gasteiger partial charge in [0.1, 0.15) is 0 Å². The Kier molecular flexibility index (Phi) is 5.59.